The van der Waals surface area contributed by atoms with Crippen molar-refractivity contribution < 1.29 is 9.53 Å². The molecule has 2 aliphatic heterocycles. The van der Waals surface area contributed by atoms with Crippen LogP contribution in [0.2, 0.25) is 0 Å². The van der Waals surface area contributed by atoms with Gasteiger partial charge in [-0.2, -0.15) is 5.10 Å². The van der Waals surface area contributed by atoms with E-state index in [1.54, 1.807) is 31.3 Å². The van der Waals surface area contributed by atoms with Gasteiger partial charge in [-0.25, -0.2) is 4.98 Å². The Bertz CT molecular complexity index is 1850. The number of nitrogens with zero attached hydrogens (tertiary/aromatic N) is 5. The van der Waals surface area contributed by atoms with E-state index in [1.165, 1.54) is 36.0 Å². The van der Waals surface area contributed by atoms with E-state index in [4.69, 9.17) is 9.72 Å². The van der Waals surface area contributed by atoms with Gasteiger partial charge in [-0.3, -0.25) is 19.8 Å². The molecule has 1 aliphatic carbocycles. The molecule has 8 rings (SSSR count). The van der Waals surface area contributed by atoms with E-state index in [0.29, 0.717) is 29.4 Å². The van der Waals surface area contributed by atoms with E-state index in [-0.39, 0.29) is 5.91 Å². The highest BCUT2D eigenvalue weighted by Crippen LogP contribution is 2.38. The van der Waals surface area contributed by atoms with Crippen molar-refractivity contribution in [1.29, 1.82) is 0 Å². The molecule has 2 fully saturated rings. The molecule has 3 aliphatic rings. The number of carbonyl (C=O) groups is 1. The number of pyridine rings is 2. The van der Waals surface area contributed by atoms with Gasteiger partial charge in [-0.15, -0.1) is 0 Å². The third-order valence-corrected chi connectivity index (χ3v) is 9.76. The number of ether oxygens (including phenoxy) is 1. The number of carbonyl (C=O) groups excluding carboxylic acids is 1. The molecular weight excluding hydrogens is 548 g/mol. The minimum atomic E-state index is -0.0692. The van der Waals surface area contributed by atoms with Gasteiger partial charge in [0.1, 0.15) is 5.69 Å². The van der Waals surface area contributed by atoms with Gasteiger partial charge in [0.25, 0.3) is 5.91 Å². The number of amides is 1. The molecule has 5 heterocycles. The van der Waals surface area contributed by atoms with Crippen LogP contribution in [0.1, 0.15) is 40.7 Å². The molecule has 0 saturated carbocycles. The second kappa shape index (κ2) is 10.9. The Labute approximate surface area is 257 Å². The first kappa shape index (κ1) is 27.2. The maximum atomic E-state index is 12.7. The molecule has 2 saturated heterocycles. The summed E-state index contributed by atoms with van der Waals surface area (Å²) in [4.78, 5) is 26.3. The van der Waals surface area contributed by atoms with Crippen LogP contribution in [0.15, 0.2) is 73.1 Å². The number of aryl methyl sites for hydroxylation is 2. The third kappa shape index (κ3) is 4.69. The SMILES string of the molecule is CN(C)C(=O)c1cccnc1-c1ccc(-c2n[nH]c3ncc(-c4ccc5c(c4)CC[C@@H](N4C6COCC4C6)CC5)cc23)cc1. The predicted octanol–water partition coefficient (Wildman–Crippen LogP) is 5.78. The number of nitrogens with one attached hydrogen (secondary N) is 1. The van der Waals surface area contributed by atoms with Crippen LogP contribution in [0, 0.1) is 0 Å². The number of fused-ring (bicyclic) bond motifs is 4. The van der Waals surface area contributed by atoms with Crippen LogP contribution in [0.5, 0.6) is 0 Å². The van der Waals surface area contributed by atoms with Crippen LogP contribution >= 0.6 is 0 Å². The maximum Gasteiger partial charge on any atom is 0.255 e. The molecule has 3 aromatic heterocycles. The van der Waals surface area contributed by atoms with Crippen molar-refractivity contribution in [2.75, 3.05) is 27.3 Å². The first-order chi connectivity index (χ1) is 21.5. The summed E-state index contributed by atoms with van der Waals surface area (Å²) in [7, 11) is 3.51. The van der Waals surface area contributed by atoms with Crippen molar-refractivity contribution in [3.63, 3.8) is 0 Å². The van der Waals surface area contributed by atoms with E-state index in [2.05, 4.69) is 44.3 Å². The lowest BCUT2D eigenvalue weighted by molar-refractivity contribution is -0.148. The summed E-state index contributed by atoms with van der Waals surface area (Å²) in [6, 6.07) is 22.8. The molecule has 0 radical (unpaired) electrons. The highest BCUT2D eigenvalue weighted by Gasteiger charge is 2.45. The van der Waals surface area contributed by atoms with Crippen molar-refractivity contribution in [3.8, 4) is 33.6 Å². The zero-order valence-corrected chi connectivity index (χ0v) is 25.2. The zero-order valence-electron chi connectivity index (χ0n) is 25.2. The van der Waals surface area contributed by atoms with E-state index in [0.717, 1.165) is 59.5 Å². The fraction of sp³-hybridized carbons (Fsp3) is 0.333. The average Bonchev–Trinajstić information content (AvgIpc) is 3.38. The van der Waals surface area contributed by atoms with Gasteiger partial charge >= 0.3 is 0 Å². The monoisotopic (exact) mass is 584 g/mol. The molecule has 3 atom stereocenters. The molecule has 5 aromatic rings. The Balaban J connectivity index is 1.06. The molecule has 222 valence electrons. The van der Waals surface area contributed by atoms with Gasteiger partial charge in [0.2, 0.25) is 0 Å². The molecule has 8 nitrogen and oxygen atoms in total. The highest BCUT2D eigenvalue weighted by molar-refractivity contribution is 6.00. The minimum Gasteiger partial charge on any atom is -0.378 e. The van der Waals surface area contributed by atoms with Crippen molar-refractivity contribution in [3.05, 3.63) is 89.7 Å². The molecule has 2 unspecified atom stereocenters. The molecule has 1 N–H and O–H groups in total. The molecule has 8 heteroatoms. The minimum absolute atomic E-state index is 0.0692. The molecule has 44 heavy (non-hydrogen) atoms. The summed E-state index contributed by atoms with van der Waals surface area (Å²) >= 11 is 0. The topological polar surface area (TPSA) is 87.2 Å². The first-order valence-electron chi connectivity index (χ1n) is 15.6. The van der Waals surface area contributed by atoms with Crippen LogP contribution in [0.3, 0.4) is 0 Å². The van der Waals surface area contributed by atoms with Gasteiger partial charge in [-0.05, 0) is 67.0 Å². The predicted molar refractivity (Wildman–Crippen MR) is 171 cm³/mol. The van der Waals surface area contributed by atoms with E-state index < -0.39 is 0 Å². The molecule has 2 aromatic carbocycles. The fourth-order valence-electron chi connectivity index (χ4n) is 7.45. The van der Waals surface area contributed by atoms with Gasteiger partial charge < -0.3 is 9.64 Å². The number of aromatic amines is 1. The van der Waals surface area contributed by atoms with Crippen LogP contribution in [0.25, 0.3) is 44.7 Å². The number of hydrogen-bond acceptors (Lipinski definition) is 6. The molecular formula is C36H36N6O2. The number of morpholine rings is 1. The number of hydrogen-bond donors (Lipinski definition) is 1. The molecule has 0 spiro atoms. The molecule has 1 amide bonds. The number of rotatable bonds is 5. The Morgan fingerprint density at radius 1 is 0.841 bits per heavy atom. The zero-order chi connectivity index (χ0) is 29.8. The summed E-state index contributed by atoms with van der Waals surface area (Å²) < 4.78 is 5.74. The van der Waals surface area contributed by atoms with E-state index in [1.807, 2.05) is 36.5 Å². The van der Waals surface area contributed by atoms with Crippen molar-refractivity contribution in [2.45, 2.75) is 50.2 Å². The lowest BCUT2D eigenvalue weighted by atomic mass is 9.87. The van der Waals surface area contributed by atoms with E-state index in [9.17, 15) is 4.79 Å². The lowest BCUT2D eigenvalue weighted by Gasteiger charge is -2.56. The second-order valence-electron chi connectivity index (χ2n) is 12.6. The van der Waals surface area contributed by atoms with Crippen LogP contribution < -0.4 is 0 Å². The number of H-pyrrole nitrogens is 1. The summed E-state index contributed by atoms with van der Waals surface area (Å²) in [6.07, 6.45) is 9.68. The third-order valence-electron chi connectivity index (χ3n) is 9.76. The fourth-order valence-corrected chi connectivity index (χ4v) is 7.45. The molecule has 2 bridgehead atoms. The van der Waals surface area contributed by atoms with Gasteiger partial charge in [0, 0.05) is 66.7 Å². The Kier molecular flexibility index (Phi) is 6.76. The second-order valence-corrected chi connectivity index (χ2v) is 12.6. The van der Waals surface area contributed by atoms with Gasteiger partial charge in [0.15, 0.2) is 5.65 Å². The summed E-state index contributed by atoms with van der Waals surface area (Å²) in [5.41, 5.74) is 9.98. The Hall–Kier alpha value is -4.40. The lowest BCUT2D eigenvalue weighted by Crippen LogP contribution is -2.66. The normalized spacial score (nSPS) is 21.4. The van der Waals surface area contributed by atoms with Crippen molar-refractivity contribution >= 4 is 16.9 Å². The van der Waals surface area contributed by atoms with Gasteiger partial charge in [-0.1, -0.05) is 42.5 Å². The number of aromatic nitrogens is 4. The van der Waals surface area contributed by atoms with Crippen LogP contribution in [-0.4, -0.2) is 81.3 Å². The van der Waals surface area contributed by atoms with Crippen molar-refractivity contribution in [1.82, 2.24) is 30.0 Å². The summed E-state index contributed by atoms with van der Waals surface area (Å²) in [6.45, 7) is 1.81. The van der Waals surface area contributed by atoms with E-state index >= 15 is 0 Å². The largest absolute Gasteiger partial charge is 0.378 e. The highest BCUT2D eigenvalue weighted by atomic mass is 16.5. The van der Waals surface area contributed by atoms with Crippen LogP contribution in [-0.2, 0) is 17.6 Å². The quantitative estimate of drug-likeness (QED) is 0.264. The maximum absolute atomic E-state index is 12.7. The summed E-state index contributed by atoms with van der Waals surface area (Å²) in [5, 5.41) is 8.74. The Morgan fingerprint density at radius 2 is 1.57 bits per heavy atom. The Morgan fingerprint density at radius 3 is 2.32 bits per heavy atom. The smallest absolute Gasteiger partial charge is 0.255 e. The first-order valence-corrected chi connectivity index (χ1v) is 15.6. The number of benzene rings is 2. The standard InChI is InChI=1S/C36H36N6O2/c1-41(2)36(43)31-4-3-15-37-33(31)23-6-8-24(9-7-23)34-32-17-27(19-38-35(32)40-39-34)26-10-5-22-11-13-28(14-12-25(22)16-26)42-29-18-30(42)21-44-20-29/h3-10,15-17,19,28-30H,11-14,18,20-21H2,1-2H3,(H,38,39,40)/t28-,29?,30?/m0/s1. The van der Waals surface area contributed by atoms with Crippen LogP contribution in [0.4, 0.5) is 0 Å². The van der Waals surface area contributed by atoms with Crippen molar-refractivity contribution in [2.24, 2.45) is 0 Å². The van der Waals surface area contributed by atoms with Gasteiger partial charge in [0.05, 0.1) is 24.5 Å². The average molecular weight is 585 g/mol. The summed E-state index contributed by atoms with van der Waals surface area (Å²) in [5.74, 6) is -0.0692.